The number of nitrogens with one attached hydrogen (secondary N) is 1. The maximum Gasteiger partial charge on any atom is 0.238 e. The maximum atomic E-state index is 13.4. The number of halogens is 1. The summed E-state index contributed by atoms with van der Waals surface area (Å²) in [5.74, 6) is -0.114. The van der Waals surface area contributed by atoms with Crippen molar-refractivity contribution in [3.63, 3.8) is 0 Å². The van der Waals surface area contributed by atoms with Gasteiger partial charge in [-0.25, -0.2) is 9.38 Å². The highest BCUT2D eigenvalue weighted by atomic mass is 32.2. The predicted octanol–water partition coefficient (Wildman–Crippen LogP) is 5.78. The minimum absolute atomic E-state index is 0.0451. The smallest absolute Gasteiger partial charge is 0.238 e. The SMILES string of the molecule is CCCOc1ccc(NC(=O)[C@@H]2CC(=O)N(Cc3ccccc3)C(=Nc3ccc(F)cc3)S2)cc1. The quantitative estimate of drug-likeness (QED) is 0.434. The molecule has 1 atom stereocenters. The molecule has 0 aliphatic carbocycles. The topological polar surface area (TPSA) is 71.0 Å². The van der Waals surface area contributed by atoms with Gasteiger partial charge in [0.1, 0.15) is 16.8 Å². The van der Waals surface area contributed by atoms with Gasteiger partial charge in [-0.05, 0) is 60.5 Å². The van der Waals surface area contributed by atoms with E-state index in [0.717, 1.165) is 17.7 Å². The van der Waals surface area contributed by atoms with Crippen molar-refractivity contribution in [1.82, 2.24) is 4.90 Å². The van der Waals surface area contributed by atoms with Crippen molar-refractivity contribution < 1.29 is 18.7 Å². The largest absolute Gasteiger partial charge is 0.494 e. The molecule has 4 rings (SSSR count). The van der Waals surface area contributed by atoms with Crippen LogP contribution < -0.4 is 10.1 Å². The minimum Gasteiger partial charge on any atom is -0.494 e. The van der Waals surface area contributed by atoms with Gasteiger partial charge in [-0.2, -0.15) is 0 Å². The van der Waals surface area contributed by atoms with Gasteiger partial charge in [0.05, 0.1) is 18.8 Å². The molecule has 1 saturated heterocycles. The van der Waals surface area contributed by atoms with Gasteiger partial charge in [0.15, 0.2) is 5.17 Å². The molecule has 8 heteroatoms. The maximum absolute atomic E-state index is 13.4. The van der Waals surface area contributed by atoms with E-state index in [4.69, 9.17) is 4.74 Å². The van der Waals surface area contributed by atoms with Gasteiger partial charge in [0.25, 0.3) is 0 Å². The monoisotopic (exact) mass is 491 g/mol. The van der Waals surface area contributed by atoms with Crippen molar-refractivity contribution in [2.45, 2.75) is 31.6 Å². The molecule has 0 radical (unpaired) electrons. The van der Waals surface area contributed by atoms with Crippen molar-refractivity contribution in [3.05, 3.63) is 90.2 Å². The van der Waals surface area contributed by atoms with Crippen LogP contribution >= 0.6 is 11.8 Å². The molecular formula is C27H26FN3O3S. The van der Waals surface area contributed by atoms with Gasteiger partial charge in [0, 0.05) is 12.1 Å². The average Bonchev–Trinajstić information content (AvgIpc) is 2.87. The zero-order chi connectivity index (χ0) is 24.6. The number of anilines is 1. The molecular weight excluding hydrogens is 465 g/mol. The van der Waals surface area contributed by atoms with Crippen LogP contribution in [-0.4, -0.2) is 33.7 Å². The number of hydrogen-bond donors (Lipinski definition) is 1. The second-order valence-electron chi connectivity index (χ2n) is 8.01. The Labute approximate surface area is 208 Å². The summed E-state index contributed by atoms with van der Waals surface area (Å²) < 4.78 is 19.0. The van der Waals surface area contributed by atoms with E-state index in [9.17, 15) is 14.0 Å². The van der Waals surface area contributed by atoms with Crippen molar-refractivity contribution in [1.29, 1.82) is 0 Å². The molecule has 1 heterocycles. The predicted molar refractivity (Wildman–Crippen MR) is 137 cm³/mol. The summed E-state index contributed by atoms with van der Waals surface area (Å²) in [4.78, 5) is 32.3. The fourth-order valence-corrected chi connectivity index (χ4v) is 4.56. The first-order valence-corrected chi connectivity index (χ1v) is 12.3. The normalized spacial score (nSPS) is 16.9. The van der Waals surface area contributed by atoms with E-state index in [0.29, 0.717) is 29.7 Å². The van der Waals surface area contributed by atoms with Crippen LogP contribution in [0.15, 0.2) is 83.9 Å². The number of nitrogens with zero attached hydrogens (tertiary/aromatic N) is 2. The molecule has 2 amide bonds. The number of rotatable bonds is 8. The fourth-order valence-electron chi connectivity index (χ4n) is 3.47. The highest BCUT2D eigenvalue weighted by molar-refractivity contribution is 8.15. The number of carbonyl (C=O) groups excluding carboxylic acids is 2. The van der Waals surface area contributed by atoms with Crippen LogP contribution in [0.1, 0.15) is 25.3 Å². The third-order valence-corrected chi connectivity index (χ3v) is 6.45. The molecule has 0 spiro atoms. The molecule has 1 aliphatic heterocycles. The van der Waals surface area contributed by atoms with E-state index in [2.05, 4.69) is 10.3 Å². The van der Waals surface area contributed by atoms with Crippen LogP contribution in [0.4, 0.5) is 15.8 Å². The van der Waals surface area contributed by atoms with Gasteiger partial charge in [-0.15, -0.1) is 0 Å². The van der Waals surface area contributed by atoms with E-state index >= 15 is 0 Å². The highest BCUT2D eigenvalue weighted by Crippen LogP contribution is 2.31. The van der Waals surface area contributed by atoms with Crippen molar-refractivity contribution in [2.75, 3.05) is 11.9 Å². The van der Waals surface area contributed by atoms with Gasteiger partial charge < -0.3 is 10.1 Å². The molecule has 0 unspecified atom stereocenters. The summed E-state index contributed by atoms with van der Waals surface area (Å²) in [6.07, 6.45) is 0.956. The zero-order valence-corrected chi connectivity index (χ0v) is 20.1. The Morgan fingerprint density at radius 2 is 1.80 bits per heavy atom. The summed E-state index contributed by atoms with van der Waals surface area (Å²) in [7, 11) is 0. The number of aliphatic imine (C=N–C) groups is 1. The molecule has 180 valence electrons. The molecule has 1 aliphatic rings. The van der Waals surface area contributed by atoms with Crippen LogP contribution in [0.2, 0.25) is 0 Å². The van der Waals surface area contributed by atoms with Gasteiger partial charge in [-0.3, -0.25) is 14.5 Å². The summed E-state index contributed by atoms with van der Waals surface area (Å²) in [5.41, 5.74) is 2.07. The van der Waals surface area contributed by atoms with Gasteiger partial charge >= 0.3 is 0 Å². The minimum atomic E-state index is -0.648. The summed E-state index contributed by atoms with van der Waals surface area (Å²) in [6.45, 7) is 2.99. The molecule has 0 aromatic heterocycles. The summed E-state index contributed by atoms with van der Waals surface area (Å²) in [6, 6.07) is 22.4. The van der Waals surface area contributed by atoms with E-state index in [-0.39, 0.29) is 24.1 Å². The van der Waals surface area contributed by atoms with Gasteiger partial charge in [0.2, 0.25) is 11.8 Å². The lowest BCUT2D eigenvalue weighted by molar-refractivity contribution is -0.129. The number of carbonyl (C=O) groups is 2. The number of ether oxygens (including phenoxy) is 1. The van der Waals surface area contributed by atoms with Crippen LogP contribution in [-0.2, 0) is 16.1 Å². The lowest BCUT2D eigenvalue weighted by Crippen LogP contribution is -2.44. The van der Waals surface area contributed by atoms with Crippen molar-refractivity contribution in [3.8, 4) is 5.75 Å². The lowest BCUT2D eigenvalue weighted by atomic mass is 10.2. The number of benzene rings is 3. The molecule has 3 aromatic carbocycles. The Kier molecular flexibility index (Phi) is 8.15. The van der Waals surface area contributed by atoms with Crippen LogP contribution in [0.5, 0.6) is 5.75 Å². The fraction of sp³-hybridized carbons (Fsp3) is 0.222. The molecule has 1 N–H and O–H groups in total. The number of hydrogen-bond acceptors (Lipinski definition) is 5. The third-order valence-electron chi connectivity index (χ3n) is 5.26. The Bertz CT molecular complexity index is 1180. The number of amides is 2. The Morgan fingerprint density at radius 3 is 2.49 bits per heavy atom. The van der Waals surface area contributed by atoms with Crippen molar-refractivity contribution in [2.24, 2.45) is 4.99 Å². The second-order valence-corrected chi connectivity index (χ2v) is 9.18. The molecule has 1 fully saturated rings. The first kappa shape index (κ1) is 24.5. The summed E-state index contributed by atoms with van der Waals surface area (Å²) >= 11 is 1.23. The molecule has 35 heavy (non-hydrogen) atoms. The highest BCUT2D eigenvalue weighted by Gasteiger charge is 2.36. The summed E-state index contributed by atoms with van der Waals surface area (Å²) in [5, 5.41) is 2.64. The number of amidine groups is 1. The third kappa shape index (κ3) is 6.70. The molecule has 0 bridgehead atoms. The Balaban J connectivity index is 1.52. The van der Waals surface area contributed by atoms with E-state index in [1.165, 1.54) is 23.9 Å². The van der Waals surface area contributed by atoms with E-state index < -0.39 is 5.25 Å². The van der Waals surface area contributed by atoms with Crippen molar-refractivity contribution >= 4 is 40.1 Å². The molecule has 3 aromatic rings. The van der Waals surface area contributed by atoms with E-state index in [1.54, 1.807) is 41.3 Å². The molecule has 6 nitrogen and oxygen atoms in total. The lowest BCUT2D eigenvalue weighted by Gasteiger charge is -2.32. The molecule has 0 saturated carbocycles. The standard InChI is InChI=1S/C27H26FN3O3S/c1-2-16-34-23-14-12-21(13-15-23)29-26(33)24-17-25(32)31(18-19-6-4-3-5-7-19)27(35-24)30-22-10-8-20(28)9-11-22/h3-15,24H,2,16-18H2,1H3,(H,29,33)/t24-/m0/s1. The van der Waals surface area contributed by atoms with Crippen LogP contribution in [0.25, 0.3) is 0 Å². The Morgan fingerprint density at radius 1 is 1.09 bits per heavy atom. The average molecular weight is 492 g/mol. The van der Waals surface area contributed by atoms with Gasteiger partial charge in [-0.1, -0.05) is 49.0 Å². The first-order valence-electron chi connectivity index (χ1n) is 11.4. The second kappa shape index (κ2) is 11.7. The Hall–Kier alpha value is -3.65. The van der Waals surface area contributed by atoms with E-state index in [1.807, 2.05) is 37.3 Å². The zero-order valence-electron chi connectivity index (χ0n) is 19.3. The van der Waals surface area contributed by atoms with Crippen LogP contribution in [0, 0.1) is 5.82 Å². The van der Waals surface area contributed by atoms with Crippen LogP contribution in [0.3, 0.4) is 0 Å². The number of thioether (sulfide) groups is 1. The first-order chi connectivity index (χ1) is 17.0.